The highest BCUT2D eigenvalue weighted by atomic mass is 35.5. The van der Waals surface area contributed by atoms with Gasteiger partial charge >= 0.3 is 0 Å². The molecule has 0 radical (unpaired) electrons. The second kappa shape index (κ2) is 7.22. The largest absolute Gasteiger partial charge is 0.271 e. The van der Waals surface area contributed by atoms with E-state index in [1.807, 2.05) is 12.1 Å². The topological polar surface area (TPSA) is 65.2 Å². The number of nitrogens with zero attached hydrogens (tertiary/aromatic N) is 2. The number of nitrogens with one attached hydrogen (secondary N) is 1. The van der Waals surface area contributed by atoms with Gasteiger partial charge in [0.15, 0.2) is 5.92 Å². The molecule has 0 spiro atoms. The average molecular weight is 298 g/mol. The van der Waals surface area contributed by atoms with Crippen LogP contribution in [-0.4, -0.2) is 12.1 Å². The molecule has 0 heterocycles. The van der Waals surface area contributed by atoms with E-state index in [9.17, 15) is 4.79 Å². The molecule has 0 fully saturated rings. The molecule has 0 unspecified atom stereocenters. The molecule has 104 valence electrons. The minimum absolute atomic E-state index is 0.464. The highest BCUT2D eigenvalue weighted by Gasteiger charge is 2.19. The first-order valence-electron chi connectivity index (χ1n) is 6.24. The number of hydrogen-bond acceptors (Lipinski definition) is 3. The Morgan fingerprint density at radius 1 is 1.19 bits per heavy atom. The van der Waals surface area contributed by atoms with Gasteiger partial charge in [0, 0.05) is 5.02 Å². The number of carbonyl (C=O) groups excluding carboxylic acids is 1. The Kier molecular flexibility index (Phi) is 5.08. The Labute approximate surface area is 127 Å². The highest BCUT2D eigenvalue weighted by molar-refractivity contribution is 6.30. The van der Waals surface area contributed by atoms with Gasteiger partial charge in [-0.15, -0.1) is 0 Å². The molecule has 5 heteroatoms. The lowest BCUT2D eigenvalue weighted by Gasteiger charge is -2.06. The minimum atomic E-state index is -0.881. The van der Waals surface area contributed by atoms with Crippen molar-refractivity contribution < 1.29 is 4.79 Å². The van der Waals surface area contributed by atoms with Gasteiger partial charge in [0.1, 0.15) is 0 Å². The summed E-state index contributed by atoms with van der Waals surface area (Å²) in [4.78, 5) is 12.0. The molecule has 0 aliphatic heterocycles. The van der Waals surface area contributed by atoms with Gasteiger partial charge < -0.3 is 0 Å². The molecule has 1 N–H and O–H groups in total. The molecule has 2 aromatic carbocycles. The predicted octanol–water partition coefficient (Wildman–Crippen LogP) is 3.10. The van der Waals surface area contributed by atoms with E-state index in [0.717, 1.165) is 5.56 Å². The van der Waals surface area contributed by atoms with Crippen LogP contribution in [0.4, 0.5) is 0 Å². The summed E-state index contributed by atoms with van der Waals surface area (Å²) in [5.41, 5.74) is 3.81. The smallest absolute Gasteiger partial charge is 0.261 e. The summed E-state index contributed by atoms with van der Waals surface area (Å²) in [6.45, 7) is 0. The molecule has 4 nitrogen and oxygen atoms in total. The molecule has 0 bridgehead atoms. The summed E-state index contributed by atoms with van der Waals surface area (Å²) < 4.78 is 0. The zero-order valence-corrected chi connectivity index (χ0v) is 11.8. The molecular formula is C16H12ClN3O. The van der Waals surface area contributed by atoms with Crippen molar-refractivity contribution in [2.45, 2.75) is 5.92 Å². The molecule has 1 atom stereocenters. The number of amides is 1. The number of rotatable bonds is 4. The Morgan fingerprint density at radius 3 is 2.48 bits per heavy atom. The summed E-state index contributed by atoms with van der Waals surface area (Å²) in [7, 11) is 0. The van der Waals surface area contributed by atoms with Gasteiger partial charge in [0.25, 0.3) is 5.91 Å². The van der Waals surface area contributed by atoms with E-state index in [4.69, 9.17) is 16.9 Å². The first kappa shape index (κ1) is 14.8. The van der Waals surface area contributed by atoms with E-state index in [2.05, 4.69) is 10.5 Å². The number of benzene rings is 2. The van der Waals surface area contributed by atoms with Gasteiger partial charge in [-0.3, -0.25) is 4.79 Å². The third-order valence-corrected chi connectivity index (χ3v) is 3.03. The lowest BCUT2D eigenvalue weighted by atomic mass is 10.0. The molecule has 0 saturated carbocycles. The van der Waals surface area contributed by atoms with E-state index in [1.165, 1.54) is 6.21 Å². The summed E-state index contributed by atoms with van der Waals surface area (Å²) in [6, 6.07) is 17.8. The van der Waals surface area contributed by atoms with Crippen LogP contribution >= 0.6 is 11.6 Å². The fraction of sp³-hybridized carbons (Fsp3) is 0.0625. The van der Waals surface area contributed by atoms with Crippen LogP contribution in [0.3, 0.4) is 0 Å². The molecule has 2 rings (SSSR count). The van der Waals surface area contributed by atoms with E-state index in [-0.39, 0.29) is 0 Å². The molecule has 21 heavy (non-hydrogen) atoms. The van der Waals surface area contributed by atoms with Crippen molar-refractivity contribution in [1.29, 1.82) is 5.26 Å². The minimum Gasteiger partial charge on any atom is -0.271 e. The van der Waals surface area contributed by atoms with E-state index in [0.29, 0.717) is 10.6 Å². The maximum absolute atomic E-state index is 12.0. The van der Waals surface area contributed by atoms with Crippen LogP contribution in [0.2, 0.25) is 5.02 Å². The first-order chi connectivity index (χ1) is 10.2. The zero-order chi connectivity index (χ0) is 15.1. The molecule has 2 aromatic rings. The van der Waals surface area contributed by atoms with Crippen LogP contribution < -0.4 is 5.43 Å². The second-order valence-electron chi connectivity index (χ2n) is 4.26. The lowest BCUT2D eigenvalue weighted by molar-refractivity contribution is -0.121. The van der Waals surface area contributed by atoms with Crippen LogP contribution in [0.25, 0.3) is 0 Å². The van der Waals surface area contributed by atoms with E-state index >= 15 is 0 Å². The fourth-order valence-electron chi connectivity index (χ4n) is 1.71. The normalized spacial score (nSPS) is 11.8. The summed E-state index contributed by atoms with van der Waals surface area (Å²) in [5.74, 6) is -1.34. The molecule has 0 aliphatic rings. The molecule has 0 saturated heterocycles. The fourth-order valence-corrected chi connectivity index (χ4v) is 1.84. The standard InChI is InChI=1S/C16H12ClN3O/c17-14-8-6-12(7-9-14)11-19-20-16(21)15(10-18)13-4-2-1-3-5-13/h1-9,11,15H,(H,20,21)/b19-11-/t15-/m0/s1. The van der Waals surface area contributed by atoms with Gasteiger partial charge in [0.2, 0.25) is 0 Å². The molecule has 0 aromatic heterocycles. The number of carbonyl (C=O) groups is 1. The van der Waals surface area contributed by atoms with Crippen molar-refractivity contribution in [1.82, 2.24) is 5.43 Å². The zero-order valence-electron chi connectivity index (χ0n) is 11.0. The number of hydrazone groups is 1. The van der Waals surface area contributed by atoms with Gasteiger partial charge in [-0.2, -0.15) is 10.4 Å². The lowest BCUT2D eigenvalue weighted by Crippen LogP contribution is -2.24. The van der Waals surface area contributed by atoms with Gasteiger partial charge in [-0.05, 0) is 23.3 Å². The van der Waals surface area contributed by atoms with Gasteiger partial charge in [-0.25, -0.2) is 5.43 Å². The Balaban J connectivity index is 2.01. The van der Waals surface area contributed by atoms with Crippen LogP contribution in [0.5, 0.6) is 0 Å². The van der Waals surface area contributed by atoms with Crippen LogP contribution in [0.15, 0.2) is 59.7 Å². The van der Waals surface area contributed by atoms with Gasteiger partial charge in [0.05, 0.1) is 12.3 Å². The number of halogens is 1. The van der Waals surface area contributed by atoms with Crippen LogP contribution in [-0.2, 0) is 4.79 Å². The summed E-state index contributed by atoms with van der Waals surface area (Å²) in [6.07, 6.45) is 1.49. The molecule has 0 aliphatic carbocycles. The molecule has 1 amide bonds. The van der Waals surface area contributed by atoms with Crippen LogP contribution in [0, 0.1) is 11.3 Å². The first-order valence-corrected chi connectivity index (χ1v) is 6.61. The Morgan fingerprint density at radius 2 is 1.86 bits per heavy atom. The maximum Gasteiger partial charge on any atom is 0.261 e. The number of nitriles is 1. The van der Waals surface area contributed by atoms with Gasteiger partial charge in [-0.1, -0.05) is 54.1 Å². The highest BCUT2D eigenvalue weighted by Crippen LogP contribution is 2.14. The summed E-state index contributed by atoms with van der Waals surface area (Å²) in [5, 5.41) is 13.6. The maximum atomic E-state index is 12.0. The Bertz CT molecular complexity index is 675. The van der Waals surface area contributed by atoms with Crippen molar-refractivity contribution in [3.63, 3.8) is 0 Å². The Hall–Kier alpha value is -2.64. The SMILES string of the molecule is N#C[C@H](C(=O)N/N=C\c1ccc(Cl)cc1)c1ccccc1. The predicted molar refractivity (Wildman–Crippen MR) is 82.0 cm³/mol. The van der Waals surface area contributed by atoms with Crippen molar-refractivity contribution in [3.05, 3.63) is 70.7 Å². The van der Waals surface area contributed by atoms with E-state index in [1.54, 1.807) is 48.5 Å². The average Bonchev–Trinajstić information content (AvgIpc) is 2.51. The van der Waals surface area contributed by atoms with E-state index < -0.39 is 11.8 Å². The second-order valence-corrected chi connectivity index (χ2v) is 4.70. The summed E-state index contributed by atoms with van der Waals surface area (Å²) >= 11 is 5.77. The third kappa shape index (κ3) is 4.16. The number of hydrogen-bond donors (Lipinski definition) is 1. The quantitative estimate of drug-likeness (QED) is 0.696. The van der Waals surface area contributed by atoms with Crippen molar-refractivity contribution in [2.75, 3.05) is 0 Å². The monoisotopic (exact) mass is 297 g/mol. The third-order valence-electron chi connectivity index (χ3n) is 2.78. The van der Waals surface area contributed by atoms with Crippen molar-refractivity contribution in [3.8, 4) is 6.07 Å². The molecular weight excluding hydrogens is 286 g/mol. The van der Waals surface area contributed by atoms with Crippen molar-refractivity contribution in [2.24, 2.45) is 5.10 Å². The van der Waals surface area contributed by atoms with Crippen LogP contribution in [0.1, 0.15) is 17.0 Å². The van der Waals surface area contributed by atoms with Crippen molar-refractivity contribution >= 4 is 23.7 Å².